The van der Waals surface area contributed by atoms with E-state index in [-0.39, 0.29) is 0 Å². The lowest BCUT2D eigenvalue weighted by Gasteiger charge is -1.93. The average Bonchev–Trinajstić information content (AvgIpc) is 2.28. The maximum Gasteiger partial charge on any atom is 0.0860 e. The van der Waals surface area contributed by atoms with Crippen LogP contribution in [0.3, 0.4) is 0 Å². The number of azo groups is 1. The van der Waals surface area contributed by atoms with Crippen molar-refractivity contribution in [3.8, 4) is 0 Å². The molecule has 0 aliphatic carbocycles. The van der Waals surface area contributed by atoms with Crippen LogP contribution in [0.4, 0.5) is 11.4 Å². The molecule has 0 aromatic heterocycles. The van der Waals surface area contributed by atoms with Gasteiger partial charge in [0.1, 0.15) is 0 Å². The highest BCUT2D eigenvalue weighted by Crippen LogP contribution is 2.17. The molecule has 0 amide bonds. The summed E-state index contributed by atoms with van der Waals surface area (Å²) in [5, 5.41) is 8.27. The summed E-state index contributed by atoms with van der Waals surface area (Å²) in [6.07, 6.45) is 0. The van der Waals surface area contributed by atoms with E-state index in [1.54, 1.807) is 0 Å². The standard InChI is InChI=1S/C13H11N2/c1-11-6-5-9-13(10-11)15-14-12-7-3-2-4-8-12/h2-5,7-10H,1H3. The van der Waals surface area contributed by atoms with Gasteiger partial charge >= 0.3 is 0 Å². The lowest BCUT2D eigenvalue weighted by Crippen LogP contribution is -1.69. The van der Waals surface area contributed by atoms with Crippen LogP contribution in [0, 0.1) is 13.0 Å². The molecule has 0 aliphatic rings. The van der Waals surface area contributed by atoms with E-state index in [0.29, 0.717) is 0 Å². The molecule has 2 aromatic rings. The van der Waals surface area contributed by atoms with Crippen LogP contribution in [0.25, 0.3) is 0 Å². The molecule has 0 saturated heterocycles. The van der Waals surface area contributed by atoms with Crippen LogP contribution in [0.1, 0.15) is 5.56 Å². The van der Waals surface area contributed by atoms with Crippen molar-refractivity contribution in [3.63, 3.8) is 0 Å². The summed E-state index contributed by atoms with van der Waals surface area (Å²) in [4.78, 5) is 0. The van der Waals surface area contributed by atoms with Gasteiger partial charge in [0.25, 0.3) is 0 Å². The molecular weight excluding hydrogens is 184 g/mol. The third-order valence-corrected chi connectivity index (χ3v) is 1.97. The molecule has 0 unspecified atom stereocenters. The molecular formula is C13H11N2. The Hall–Kier alpha value is -1.96. The fourth-order valence-corrected chi connectivity index (χ4v) is 1.24. The number of hydrogen-bond donors (Lipinski definition) is 0. The van der Waals surface area contributed by atoms with E-state index in [1.807, 2.05) is 55.5 Å². The summed E-state index contributed by atoms with van der Waals surface area (Å²) in [7, 11) is 0. The number of aryl methyl sites for hydroxylation is 1. The van der Waals surface area contributed by atoms with Crippen LogP contribution in [-0.4, -0.2) is 0 Å². The highest BCUT2D eigenvalue weighted by molar-refractivity contribution is 5.41. The fourth-order valence-electron chi connectivity index (χ4n) is 1.24. The van der Waals surface area contributed by atoms with Gasteiger partial charge in [0.05, 0.1) is 11.4 Å². The Labute approximate surface area is 89.3 Å². The summed E-state index contributed by atoms with van der Waals surface area (Å²) < 4.78 is 0. The Bertz CT molecular complexity index is 461. The minimum atomic E-state index is 0.857. The van der Waals surface area contributed by atoms with Crippen molar-refractivity contribution in [3.05, 3.63) is 60.2 Å². The second kappa shape index (κ2) is 4.51. The normalized spacial score (nSPS) is 10.7. The Balaban J connectivity index is 2.19. The Kier molecular flexibility index (Phi) is 2.88. The van der Waals surface area contributed by atoms with E-state index in [2.05, 4.69) is 16.3 Å². The Morgan fingerprint density at radius 2 is 1.67 bits per heavy atom. The van der Waals surface area contributed by atoms with Gasteiger partial charge in [-0.3, -0.25) is 0 Å². The van der Waals surface area contributed by atoms with E-state index in [1.165, 1.54) is 0 Å². The molecule has 2 nitrogen and oxygen atoms in total. The van der Waals surface area contributed by atoms with Gasteiger partial charge in [-0.25, -0.2) is 0 Å². The third kappa shape index (κ3) is 2.74. The molecule has 1 radical (unpaired) electrons. The monoisotopic (exact) mass is 195 g/mol. The Morgan fingerprint density at radius 3 is 2.40 bits per heavy atom. The minimum Gasteiger partial charge on any atom is -0.151 e. The molecule has 0 heterocycles. The van der Waals surface area contributed by atoms with Crippen molar-refractivity contribution < 1.29 is 0 Å². The average molecular weight is 195 g/mol. The molecule has 0 spiro atoms. The smallest absolute Gasteiger partial charge is 0.0860 e. The van der Waals surface area contributed by atoms with E-state index in [9.17, 15) is 0 Å². The SMILES string of the molecule is Cc1[c]ccc(N=Nc2ccccc2)c1. The summed E-state index contributed by atoms with van der Waals surface area (Å²) in [6, 6.07) is 18.5. The first-order chi connectivity index (χ1) is 7.34. The zero-order valence-electron chi connectivity index (χ0n) is 8.51. The molecule has 73 valence electrons. The van der Waals surface area contributed by atoms with E-state index in [4.69, 9.17) is 0 Å². The molecule has 2 rings (SSSR count). The van der Waals surface area contributed by atoms with Gasteiger partial charge in [-0.1, -0.05) is 24.3 Å². The molecule has 0 atom stereocenters. The van der Waals surface area contributed by atoms with E-state index in [0.717, 1.165) is 16.9 Å². The number of nitrogens with zero attached hydrogens (tertiary/aromatic N) is 2. The summed E-state index contributed by atoms with van der Waals surface area (Å²) >= 11 is 0. The van der Waals surface area contributed by atoms with Crippen molar-refractivity contribution >= 4 is 11.4 Å². The largest absolute Gasteiger partial charge is 0.151 e. The molecule has 0 saturated carbocycles. The predicted octanol–water partition coefficient (Wildman–Crippen LogP) is 4.21. The quantitative estimate of drug-likeness (QED) is 0.641. The summed E-state index contributed by atoms with van der Waals surface area (Å²) in [5.74, 6) is 0. The van der Waals surface area contributed by atoms with Crippen molar-refractivity contribution in [1.29, 1.82) is 0 Å². The maximum atomic E-state index is 4.14. The van der Waals surface area contributed by atoms with Crippen LogP contribution < -0.4 is 0 Å². The summed E-state index contributed by atoms with van der Waals surface area (Å²) in [5.41, 5.74) is 2.79. The number of benzene rings is 2. The Morgan fingerprint density at radius 1 is 0.933 bits per heavy atom. The van der Waals surface area contributed by atoms with Crippen molar-refractivity contribution in [2.45, 2.75) is 6.92 Å². The number of rotatable bonds is 2. The lowest BCUT2D eigenvalue weighted by molar-refractivity contribution is 1.22. The van der Waals surface area contributed by atoms with E-state index >= 15 is 0 Å². The summed E-state index contributed by atoms with van der Waals surface area (Å²) in [6.45, 7) is 1.99. The van der Waals surface area contributed by atoms with Crippen LogP contribution in [0.5, 0.6) is 0 Å². The van der Waals surface area contributed by atoms with Gasteiger partial charge in [0, 0.05) is 0 Å². The highest BCUT2D eigenvalue weighted by atomic mass is 15.1. The highest BCUT2D eigenvalue weighted by Gasteiger charge is 1.90. The molecule has 2 heteroatoms. The zero-order valence-corrected chi connectivity index (χ0v) is 8.51. The maximum absolute atomic E-state index is 4.14. The van der Waals surface area contributed by atoms with Gasteiger partial charge in [-0.15, -0.1) is 0 Å². The topological polar surface area (TPSA) is 24.7 Å². The van der Waals surface area contributed by atoms with Crippen molar-refractivity contribution in [2.24, 2.45) is 10.2 Å². The van der Waals surface area contributed by atoms with E-state index < -0.39 is 0 Å². The second-order valence-corrected chi connectivity index (χ2v) is 3.27. The first-order valence-electron chi connectivity index (χ1n) is 4.80. The zero-order chi connectivity index (χ0) is 10.5. The van der Waals surface area contributed by atoms with Gasteiger partial charge in [-0.05, 0) is 42.8 Å². The molecule has 2 aromatic carbocycles. The number of hydrogen-bond acceptors (Lipinski definition) is 2. The van der Waals surface area contributed by atoms with Crippen LogP contribution in [0.15, 0.2) is 58.8 Å². The van der Waals surface area contributed by atoms with Crippen molar-refractivity contribution in [1.82, 2.24) is 0 Å². The molecule has 0 bridgehead atoms. The van der Waals surface area contributed by atoms with Crippen LogP contribution in [0.2, 0.25) is 0 Å². The molecule has 15 heavy (non-hydrogen) atoms. The lowest BCUT2D eigenvalue weighted by atomic mass is 10.2. The van der Waals surface area contributed by atoms with Gasteiger partial charge in [0.15, 0.2) is 0 Å². The van der Waals surface area contributed by atoms with Crippen LogP contribution in [-0.2, 0) is 0 Å². The second-order valence-electron chi connectivity index (χ2n) is 3.27. The molecule has 0 aliphatic heterocycles. The first kappa shape index (κ1) is 9.59. The predicted molar refractivity (Wildman–Crippen MR) is 60.6 cm³/mol. The van der Waals surface area contributed by atoms with Gasteiger partial charge in [-0.2, -0.15) is 10.2 Å². The van der Waals surface area contributed by atoms with Gasteiger partial charge in [0.2, 0.25) is 0 Å². The van der Waals surface area contributed by atoms with Crippen molar-refractivity contribution in [2.75, 3.05) is 0 Å². The minimum absolute atomic E-state index is 0.857. The molecule has 0 N–H and O–H groups in total. The first-order valence-corrected chi connectivity index (χ1v) is 4.80. The van der Waals surface area contributed by atoms with Gasteiger partial charge < -0.3 is 0 Å². The third-order valence-electron chi connectivity index (χ3n) is 1.97. The van der Waals surface area contributed by atoms with Crippen LogP contribution >= 0.6 is 0 Å². The fraction of sp³-hybridized carbons (Fsp3) is 0.0769. The molecule has 0 fully saturated rings.